The van der Waals surface area contributed by atoms with Crippen molar-refractivity contribution < 1.29 is 19.1 Å². The molecule has 0 fully saturated rings. The topological polar surface area (TPSA) is 68.4 Å². The van der Waals surface area contributed by atoms with E-state index in [2.05, 4.69) is 4.98 Å². The highest BCUT2D eigenvalue weighted by molar-refractivity contribution is 6.30. The van der Waals surface area contributed by atoms with Gasteiger partial charge in [-0.25, -0.2) is 0 Å². The lowest BCUT2D eigenvalue weighted by atomic mass is 10.1. The molecule has 24 heavy (non-hydrogen) atoms. The third-order valence-corrected chi connectivity index (χ3v) is 3.79. The quantitative estimate of drug-likeness (QED) is 0.574. The highest BCUT2D eigenvalue weighted by Gasteiger charge is 2.22. The van der Waals surface area contributed by atoms with Crippen molar-refractivity contribution in [1.29, 1.82) is 0 Å². The molecule has 0 aliphatic rings. The molecule has 0 saturated heterocycles. The number of fused-ring (bicyclic) bond motifs is 1. The lowest BCUT2D eigenvalue weighted by molar-refractivity contribution is -0.131. The molecule has 2 aromatic carbocycles. The molecule has 1 heterocycles. The van der Waals surface area contributed by atoms with Crippen LogP contribution in [0.25, 0.3) is 10.9 Å². The van der Waals surface area contributed by atoms with Crippen molar-refractivity contribution in [2.24, 2.45) is 0 Å². The van der Waals surface area contributed by atoms with Gasteiger partial charge in [0.25, 0.3) is 0 Å². The van der Waals surface area contributed by atoms with Gasteiger partial charge in [-0.15, -0.1) is 0 Å². The minimum atomic E-state index is -0.510. The highest BCUT2D eigenvalue weighted by atomic mass is 35.5. The van der Waals surface area contributed by atoms with E-state index in [1.807, 2.05) is 0 Å². The van der Waals surface area contributed by atoms with Gasteiger partial charge in [0.05, 0.1) is 12.6 Å². The fraction of sp³-hybridized carbons (Fsp3) is 0.111. The number of carbonyl (C=O) groups excluding carboxylic acids is 2. The predicted molar refractivity (Wildman–Crippen MR) is 91.0 cm³/mol. The van der Waals surface area contributed by atoms with Gasteiger partial charge in [0, 0.05) is 22.9 Å². The van der Waals surface area contributed by atoms with Crippen molar-refractivity contribution in [2.45, 2.75) is 6.92 Å². The Labute approximate surface area is 143 Å². The Morgan fingerprint density at radius 1 is 1.08 bits per heavy atom. The van der Waals surface area contributed by atoms with E-state index in [-0.39, 0.29) is 17.2 Å². The van der Waals surface area contributed by atoms with E-state index in [1.165, 1.54) is 6.92 Å². The number of methoxy groups -OCH3 is 1. The smallest absolute Gasteiger partial charge is 0.308 e. The molecule has 122 valence electrons. The molecule has 0 bridgehead atoms. The maximum absolute atomic E-state index is 12.8. The molecule has 0 amide bonds. The normalized spacial score (nSPS) is 10.6. The summed E-state index contributed by atoms with van der Waals surface area (Å²) in [6.07, 6.45) is 0. The molecule has 1 aromatic heterocycles. The first-order chi connectivity index (χ1) is 11.5. The number of benzene rings is 2. The Kier molecular flexibility index (Phi) is 4.27. The SMILES string of the molecule is COc1ccc2[nH]c(C(=O)c3ccc(Cl)cc3)c(OC(C)=O)c2c1. The van der Waals surface area contributed by atoms with Crippen molar-refractivity contribution >= 4 is 34.3 Å². The van der Waals surface area contributed by atoms with E-state index >= 15 is 0 Å². The number of rotatable bonds is 4. The van der Waals surface area contributed by atoms with E-state index in [4.69, 9.17) is 21.1 Å². The van der Waals surface area contributed by atoms with Crippen LogP contribution in [0.1, 0.15) is 23.0 Å². The van der Waals surface area contributed by atoms with E-state index in [1.54, 1.807) is 49.6 Å². The molecule has 0 saturated carbocycles. The Balaban J connectivity index is 2.16. The highest BCUT2D eigenvalue weighted by Crippen LogP contribution is 2.34. The van der Waals surface area contributed by atoms with Crippen LogP contribution in [0.4, 0.5) is 0 Å². The Morgan fingerprint density at radius 3 is 2.42 bits per heavy atom. The molecular formula is C18H14ClNO4. The van der Waals surface area contributed by atoms with Crippen molar-refractivity contribution in [3.8, 4) is 11.5 Å². The van der Waals surface area contributed by atoms with Crippen LogP contribution in [0.3, 0.4) is 0 Å². The van der Waals surface area contributed by atoms with Crippen LogP contribution in [0.2, 0.25) is 5.02 Å². The van der Waals surface area contributed by atoms with Gasteiger partial charge in [0.15, 0.2) is 5.75 Å². The summed E-state index contributed by atoms with van der Waals surface area (Å²) < 4.78 is 10.5. The molecule has 1 N–H and O–H groups in total. The number of carbonyl (C=O) groups is 2. The third-order valence-electron chi connectivity index (χ3n) is 3.54. The number of halogens is 1. The van der Waals surface area contributed by atoms with Gasteiger partial charge in [-0.05, 0) is 42.5 Å². The van der Waals surface area contributed by atoms with Crippen LogP contribution in [0.15, 0.2) is 42.5 Å². The first-order valence-corrected chi connectivity index (χ1v) is 7.56. The number of ether oxygens (including phenoxy) is 2. The second kappa shape index (κ2) is 6.37. The second-order valence-electron chi connectivity index (χ2n) is 5.17. The number of aromatic amines is 1. The number of ketones is 1. The largest absolute Gasteiger partial charge is 0.497 e. The molecular weight excluding hydrogens is 330 g/mol. The molecule has 0 radical (unpaired) electrons. The maximum Gasteiger partial charge on any atom is 0.308 e. The molecule has 0 aliphatic heterocycles. The number of H-pyrrole nitrogens is 1. The molecule has 0 unspecified atom stereocenters. The summed E-state index contributed by atoms with van der Waals surface area (Å²) in [4.78, 5) is 27.3. The van der Waals surface area contributed by atoms with Crippen LogP contribution in [0, 0.1) is 0 Å². The lowest BCUT2D eigenvalue weighted by Gasteiger charge is -2.05. The standard InChI is InChI=1S/C18H14ClNO4/c1-10(21)24-18-14-9-13(23-2)7-8-15(14)20-16(18)17(22)11-3-5-12(19)6-4-11/h3-9,20H,1-2H3. The van der Waals surface area contributed by atoms with Crippen LogP contribution in [-0.4, -0.2) is 23.8 Å². The van der Waals surface area contributed by atoms with Gasteiger partial charge in [0.1, 0.15) is 11.4 Å². The molecule has 0 spiro atoms. The summed E-state index contributed by atoms with van der Waals surface area (Å²) in [6, 6.07) is 11.7. The zero-order valence-electron chi connectivity index (χ0n) is 13.1. The first kappa shape index (κ1) is 16.1. The zero-order chi connectivity index (χ0) is 17.3. The molecule has 3 aromatic rings. The van der Waals surface area contributed by atoms with Crippen molar-refractivity contribution in [3.05, 3.63) is 58.7 Å². The van der Waals surface area contributed by atoms with Crippen molar-refractivity contribution in [1.82, 2.24) is 4.98 Å². The monoisotopic (exact) mass is 343 g/mol. The van der Waals surface area contributed by atoms with Crippen LogP contribution >= 0.6 is 11.6 Å². The average molecular weight is 344 g/mol. The fourth-order valence-electron chi connectivity index (χ4n) is 2.43. The van der Waals surface area contributed by atoms with Gasteiger partial charge in [-0.2, -0.15) is 0 Å². The molecule has 0 aliphatic carbocycles. The van der Waals surface area contributed by atoms with Gasteiger partial charge in [-0.1, -0.05) is 11.6 Å². The Morgan fingerprint density at radius 2 is 1.79 bits per heavy atom. The Bertz CT molecular complexity index is 928. The number of nitrogens with one attached hydrogen (secondary N) is 1. The Hall–Kier alpha value is -2.79. The summed E-state index contributed by atoms with van der Waals surface area (Å²) in [6.45, 7) is 1.29. The molecule has 3 rings (SSSR count). The second-order valence-corrected chi connectivity index (χ2v) is 5.61. The van der Waals surface area contributed by atoms with Gasteiger partial charge in [0.2, 0.25) is 5.78 Å². The fourth-order valence-corrected chi connectivity index (χ4v) is 2.55. The summed E-state index contributed by atoms with van der Waals surface area (Å²) >= 11 is 5.86. The summed E-state index contributed by atoms with van der Waals surface area (Å²) in [5.41, 5.74) is 1.31. The zero-order valence-corrected chi connectivity index (χ0v) is 13.8. The molecule has 0 atom stereocenters. The van der Waals surface area contributed by atoms with E-state index < -0.39 is 5.97 Å². The van der Waals surface area contributed by atoms with Crippen molar-refractivity contribution in [3.63, 3.8) is 0 Å². The summed E-state index contributed by atoms with van der Waals surface area (Å²) in [5, 5.41) is 1.13. The molecule has 5 nitrogen and oxygen atoms in total. The van der Waals surface area contributed by atoms with E-state index in [0.29, 0.717) is 27.2 Å². The van der Waals surface area contributed by atoms with E-state index in [9.17, 15) is 9.59 Å². The van der Waals surface area contributed by atoms with Crippen molar-refractivity contribution in [2.75, 3.05) is 7.11 Å². The minimum Gasteiger partial charge on any atom is -0.497 e. The van der Waals surface area contributed by atoms with Crippen LogP contribution in [-0.2, 0) is 4.79 Å². The van der Waals surface area contributed by atoms with Gasteiger partial charge >= 0.3 is 5.97 Å². The average Bonchev–Trinajstić information content (AvgIpc) is 2.92. The van der Waals surface area contributed by atoms with Gasteiger partial charge < -0.3 is 14.5 Å². The van der Waals surface area contributed by atoms with Gasteiger partial charge in [-0.3, -0.25) is 9.59 Å². The summed E-state index contributed by atoms with van der Waals surface area (Å²) in [5.74, 6) is -0.0151. The molecule has 6 heteroatoms. The van der Waals surface area contributed by atoms with Crippen LogP contribution < -0.4 is 9.47 Å². The predicted octanol–water partition coefficient (Wildman–Crippen LogP) is 3.99. The van der Waals surface area contributed by atoms with E-state index in [0.717, 1.165) is 0 Å². The number of hydrogen-bond acceptors (Lipinski definition) is 4. The number of hydrogen-bond donors (Lipinski definition) is 1. The maximum atomic E-state index is 12.8. The number of aromatic nitrogens is 1. The lowest BCUT2D eigenvalue weighted by Crippen LogP contribution is -2.08. The number of esters is 1. The van der Waals surface area contributed by atoms with Crippen LogP contribution in [0.5, 0.6) is 11.5 Å². The third kappa shape index (κ3) is 2.98. The summed E-state index contributed by atoms with van der Waals surface area (Å²) in [7, 11) is 1.54. The minimum absolute atomic E-state index is 0.191. The first-order valence-electron chi connectivity index (χ1n) is 7.18.